The first-order chi connectivity index (χ1) is 10.5. The van der Waals surface area contributed by atoms with Gasteiger partial charge in [0, 0.05) is 13.1 Å². The minimum atomic E-state index is -3.46. The third kappa shape index (κ3) is 3.77. The van der Waals surface area contributed by atoms with Crippen LogP contribution in [0.4, 0.5) is 0 Å². The summed E-state index contributed by atoms with van der Waals surface area (Å²) in [4.78, 5) is 3.42. The van der Waals surface area contributed by atoms with Crippen LogP contribution >= 0.6 is 12.2 Å². The van der Waals surface area contributed by atoms with Crippen LogP contribution in [-0.2, 0) is 16.6 Å². The maximum atomic E-state index is 12.3. The van der Waals surface area contributed by atoms with Gasteiger partial charge in [0.05, 0.1) is 15.9 Å². The summed E-state index contributed by atoms with van der Waals surface area (Å²) in [6.45, 7) is 5.40. The Labute approximate surface area is 136 Å². The van der Waals surface area contributed by atoms with Gasteiger partial charge in [-0.05, 0) is 43.3 Å². The van der Waals surface area contributed by atoms with Gasteiger partial charge < -0.3 is 9.55 Å². The maximum Gasteiger partial charge on any atom is 0.240 e. The largest absolute Gasteiger partial charge is 0.331 e. The van der Waals surface area contributed by atoms with E-state index in [9.17, 15) is 8.42 Å². The number of fused-ring (bicyclic) bond motifs is 1. The third-order valence-corrected chi connectivity index (χ3v) is 5.40. The van der Waals surface area contributed by atoms with E-state index in [4.69, 9.17) is 12.2 Å². The smallest absolute Gasteiger partial charge is 0.240 e. The highest BCUT2D eigenvalue weighted by molar-refractivity contribution is 7.89. The SMILES string of the molecule is CCCCNS(=O)(=O)c1ccc2[nH]c(=S)n(CCCC)c2c1. The second-order valence-corrected chi connectivity index (χ2v) is 7.52. The van der Waals surface area contributed by atoms with Gasteiger partial charge in [-0.3, -0.25) is 0 Å². The number of unbranched alkanes of at least 4 members (excludes halogenated alkanes) is 2. The molecule has 0 aliphatic rings. The van der Waals surface area contributed by atoms with Gasteiger partial charge >= 0.3 is 0 Å². The fourth-order valence-corrected chi connectivity index (χ4v) is 3.70. The van der Waals surface area contributed by atoms with E-state index in [0.717, 1.165) is 43.3 Å². The van der Waals surface area contributed by atoms with Gasteiger partial charge in [-0.1, -0.05) is 26.7 Å². The Morgan fingerprint density at radius 1 is 1.23 bits per heavy atom. The molecule has 7 heteroatoms. The number of benzene rings is 1. The number of rotatable bonds is 8. The molecule has 0 aliphatic heterocycles. The van der Waals surface area contributed by atoms with Crippen LogP contribution < -0.4 is 4.72 Å². The monoisotopic (exact) mass is 341 g/mol. The maximum absolute atomic E-state index is 12.3. The van der Waals surface area contributed by atoms with Crippen LogP contribution in [0.3, 0.4) is 0 Å². The lowest BCUT2D eigenvalue weighted by atomic mass is 10.3. The van der Waals surface area contributed by atoms with E-state index in [0.29, 0.717) is 11.3 Å². The minimum Gasteiger partial charge on any atom is -0.331 e. The number of hydrogen-bond donors (Lipinski definition) is 2. The van der Waals surface area contributed by atoms with Crippen LogP contribution in [0.25, 0.3) is 11.0 Å². The quantitative estimate of drug-likeness (QED) is 0.570. The zero-order valence-electron chi connectivity index (χ0n) is 13.1. The number of nitrogens with one attached hydrogen (secondary N) is 2. The lowest BCUT2D eigenvalue weighted by Gasteiger charge is -2.08. The molecule has 0 bridgehead atoms. The summed E-state index contributed by atoms with van der Waals surface area (Å²) in [5, 5.41) is 0. The van der Waals surface area contributed by atoms with Gasteiger partial charge in [-0.15, -0.1) is 0 Å². The van der Waals surface area contributed by atoms with Crippen LogP contribution in [0.5, 0.6) is 0 Å². The van der Waals surface area contributed by atoms with E-state index in [1.165, 1.54) is 0 Å². The van der Waals surface area contributed by atoms with Crippen molar-refractivity contribution in [3.63, 3.8) is 0 Å². The molecule has 22 heavy (non-hydrogen) atoms. The Balaban J connectivity index is 2.38. The van der Waals surface area contributed by atoms with Crippen LogP contribution in [0.1, 0.15) is 39.5 Å². The molecule has 0 spiro atoms. The van der Waals surface area contributed by atoms with Crippen molar-refractivity contribution in [2.75, 3.05) is 6.54 Å². The van der Waals surface area contributed by atoms with E-state index in [2.05, 4.69) is 16.6 Å². The lowest BCUT2D eigenvalue weighted by Crippen LogP contribution is -2.24. The molecule has 0 atom stereocenters. The molecule has 0 saturated heterocycles. The van der Waals surface area contributed by atoms with Gasteiger partial charge in [0.1, 0.15) is 0 Å². The molecule has 1 heterocycles. The molecule has 0 amide bonds. The van der Waals surface area contributed by atoms with Gasteiger partial charge in [-0.2, -0.15) is 0 Å². The number of H-pyrrole nitrogens is 1. The Morgan fingerprint density at radius 3 is 2.64 bits per heavy atom. The van der Waals surface area contributed by atoms with Crippen molar-refractivity contribution in [3.05, 3.63) is 23.0 Å². The van der Waals surface area contributed by atoms with Crippen molar-refractivity contribution in [2.24, 2.45) is 0 Å². The predicted octanol–water partition coefficient (Wildman–Crippen LogP) is 3.58. The van der Waals surface area contributed by atoms with Gasteiger partial charge in [0.2, 0.25) is 10.0 Å². The molecule has 0 saturated carbocycles. The first-order valence-electron chi connectivity index (χ1n) is 7.71. The summed E-state index contributed by atoms with van der Waals surface area (Å²) >= 11 is 5.33. The highest BCUT2D eigenvalue weighted by atomic mass is 32.2. The second kappa shape index (κ2) is 7.39. The van der Waals surface area contributed by atoms with Crippen molar-refractivity contribution < 1.29 is 8.42 Å². The lowest BCUT2D eigenvalue weighted by molar-refractivity contribution is 0.578. The van der Waals surface area contributed by atoms with E-state index in [1.807, 2.05) is 11.5 Å². The zero-order valence-corrected chi connectivity index (χ0v) is 14.7. The molecule has 5 nitrogen and oxygen atoms in total. The molecule has 0 fully saturated rings. The molecule has 0 aliphatic carbocycles. The molecule has 1 aromatic carbocycles. The van der Waals surface area contributed by atoms with Crippen molar-refractivity contribution in [1.29, 1.82) is 0 Å². The zero-order chi connectivity index (χ0) is 16.2. The average molecular weight is 342 g/mol. The summed E-state index contributed by atoms with van der Waals surface area (Å²) in [5.74, 6) is 0. The van der Waals surface area contributed by atoms with E-state index < -0.39 is 10.0 Å². The van der Waals surface area contributed by atoms with Crippen molar-refractivity contribution in [3.8, 4) is 0 Å². The summed E-state index contributed by atoms with van der Waals surface area (Å²) in [7, 11) is -3.46. The van der Waals surface area contributed by atoms with Gasteiger partial charge in [0.25, 0.3) is 0 Å². The highest BCUT2D eigenvalue weighted by Gasteiger charge is 2.15. The Hall–Kier alpha value is -1.18. The molecule has 2 rings (SSSR count). The molecular weight excluding hydrogens is 318 g/mol. The second-order valence-electron chi connectivity index (χ2n) is 5.37. The first-order valence-corrected chi connectivity index (χ1v) is 9.61. The Morgan fingerprint density at radius 2 is 1.95 bits per heavy atom. The number of imidazole rings is 1. The molecule has 2 N–H and O–H groups in total. The number of sulfonamides is 1. The van der Waals surface area contributed by atoms with E-state index in [-0.39, 0.29) is 4.90 Å². The summed E-state index contributed by atoms with van der Waals surface area (Å²) < 4.78 is 29.9. The number of hydrogen-bond acceptors (Lipinski definition) is 3. The minimum absolute atomic E-state index is 0.287. The van der Waals surface area contributed by atoms with Crippen LogP contribution in [0, 0.1) is 4.77 Å². The van der Waals surface area contributed by atoms with E-state index in [1.54, 1.807) is 18.2 Å². The van der Waals surface area contributed by atoms with Crippen LogP contribution in [0.2, 0.25) is 0 Å². The summed E-state index contributed by atoms with van der Waals surface area (Å²) in [5.41, 5.74) is 1.71. The van der Waals surface area contributed by atoms with Gasteiger partial charge in [-0.25, -0.2) is 13.1 Å². The Bertz CT molecular complexity index is 791. The molecule has 2 aromatic rings. The number of nitrogens with zero attached hydrogens (tertiary/aromatic N) is 1. The van der Waals surface area contributed by atoms with Gasteiger partial charge in [0.15, 0.2) is 4.77 Å². The average Bonchev–Trinajstić information content (AvgIpc) is 2.80. The Kier molecular flexibility index (Phi) is 5.77. The molecule has 122 valence electrons. The number of aromatic amines is 1. The summed E-state index contributed by atoms with van der Waals surface area (Å²) in [6.07, 6.45) is 3.85. The molecule has 0 radical (unpaired) electrons. The third-order valence-electron chi connectivity index (χ3n) is 3.61. The number of aromatic nitrogens is 2. The van der Waals surface area contributed by atoms with Crippen molar-refractivity contribution in [2.45, 2.75) is 51.0 Å². The fraction of sp³-hybridized carbons (Fsp3) is 0.533. The summed E-state index contributed by atoms with van der Waals surface area (Å²) in [6, 6.07) is 5.10. The van der Waals surface area contributed by atoms with E-state index >= 15 is 0 Å². The van der Waals surface area contributed by atoms with Crippen LogP contribution in [-0.4, -0.2) is 24.5 Å². The molecular formula is C15H23N3O2S2. The first kappa shape index (κ1) is 17.2. The fourth-order valence-electron chi connectivity index (χ4n) is 2.30. The van der Waals surface area contributed by atoms with Crippen LogP contribution in [0.15, 0.2) is 23.1 Å². The highest BCUT2D eigenvalue weighted by Crippen LogP contribution is 2.20. The van der Waals surface area contributed by atoms with Crippen molar-refractivity contribution >= 4 is 33.3 Å². The van der Waals surface area contributed by atoms with Crippen molar-refractivity contribution in [1.82, 2.24) is 14.3 Å². The molecule has 0 unspecified atom stereocenters. The normalized spacial score (nSPS) is 12.1. The molecule has 1 aromatic heterocycles. The standard InChI is InChI=1S/C15H23N3O2S2/c1-3-5-9-16-22(19,20)12-7-8-13-14(11-12)18(10-6-4-2)15(21)17-13/h7-8,11,16H,3-6,9-10H2,1-2H3,(H,17,21). The predicted molar refractivity (Wildman–Crippen MR) is 92.1 cm³/mol. The number of aryl methyl sites for hydroxylation is 1. The topological polar surface area (TPSA) is 66.9 Å².